The van der Waals surface area contributed by atoms with E-state index in [1.54, 1.807) is 18.2 Å². The van der Waals surface area contributed by atoms with Crippen molar-refractivity contribution in [3.05, 3.63) is 68.4 Å². The molecule has 5 nitrogen and oxygen atoms in total. The van der Waals surface area contributed by atoms with E-state index in [1.165, 1.54) is 22.2 Å². The van der Waals surface area contributed by atoms with E-state index < -0.39 is 0 Å². The largest absolute Gasteiger partial charge is 0.457 e. The van der Waals surface area contributed by atoms with E-state index in [9.17, 15) is 4.79 Å². The van der Waals surface area contributed by atoms with Crippen LogP contribution >= 0.6 is 22.9 Å². The molecule has 3 aromatic heterocycles. The van der Waals surface area contributed by atoms with Crippen molar-refractivity contribution in [1.82, 2.24) is 14.6 Å². The number of hydrogen-bond acceptors (Lipinski definition) is 5. The summed E-state index contributed by atoms with van der Waals surface area (Å²) in [6, 6.07) is 11.0. The van der Waals surface area contributed by atoms with Gasteiger partial charge in [0.2, 0.25) is 4.96 Å². The van der Waals surface area contributed by atoms with Gasteiger partial charge in [0, 0.05) is 16.7 Å². The average Bonchev–Trinajstić information content (AvgIpc) is 3.21. The molecule has 0 fully saturated rings. The lowest BCUT2D eigenvalue weighted by molar-refractivity contribution is 0.571. The molecule has 0 saturated heterocycles. The van der Waals surface area contributed by atoms with Crippen molar-refractivity contribution in [1.29, 1.82) is 0 Å². The maximum Gasteiger partial charge on any atom is 0.291 e. The number of halogens is 1. The van der Waals surface area contributed by atoms with Crippen molar-refractivity contribution in [2.24, 2.45) is 0 Å². The molecular formula is C15H8ClN3O2S. The Morgan fingerprint density at radius 2 is 2.00 bits per heavy atom. The molecule has 1 aromatic carbocycles. The van der Waals surface area contributed by atoms with Gasteiger partial charge in [-0.3, -0.25) is 4.79 Å². The summed E-state index contributed by atoms with van der Waals surface area (Å²) >= 11 is 7.15. The predicted molar refractivity (Wildman–Crippen MR) is 85.1 cm³/mol. The van der Waals surface area contributed by atoms with Crippen LogP contribution in [0.5, 0.6) is 0 Å². The Morgan fingerprint density at radius 3 is 2.77 bits per heavy atom. The van der Waals surface area contributed by atoms with Crippen LogP contribution in [-0.4, -0.2) is 14.6 Å². The Morgan fingerprint density at radius 1 is 1.18 bits per heavy atom. The fourth-order valence-corrected chi connectivity index (χ4v) is 3.09. The van der Waals surface area contributed by atoms with Crippen molar-refractivity contribution < 1.29 is 4.42 Å². The highest BCUT2D eigenvalue weighted by Crippen LogP contribution is 2.24. The summed E-state index contributed by atoms with van der Waals surface area (Å²) in [7, 11) is 0. The summed E-state index contributed by atoms with van der Waals surface area (Å²) in [5.41, 5.74) is 0.732. The van der Waals surface area contributed by atoms with Crippen molar-refractivity contribution in [3.63, 3.8) is 0 Å². The summed E-state index contributed by atoms with van der Waals surface area (Å²) in [6.07, 6.45) is 3.06. The highest BCUT2D eigenvalue weighted by molar-refractivity contribution is 7.15. The molecule has 0 bridgehead atoms. The second-order valence-corrected chi connectivity index (χ2v) is 6.02. The minimum atomic E-state index is -0.193. The van der Waals surface area contributed by atoms with Gasteiger partial charge in [0.25, 0.3) is 5.56 Å². The van der Waals surface area contributed by atoms with Gasteiger partial charge in [-0.1, -0.05) is 22.9 Å². The molecule has 108 valence electrons. The van der Waals surface area contributed by atoms with E-state index in [4.69, 9.17) is 16.0 Å². The number of furan rings is 1. The third kappa shape index (κ3) is 2.22. The van der Waals surface area contributed by atoms with E-state index >= 15 is 0 Å². The van der Waals surface area contributed by atoms with Gasteiger partial charge in [0.1, 0.15) is 22.4 Å². The zero-order valence-electron chi connectivity index (χ0n) is 11.1. The number of nitrogens with zero attached hydrogens (tertiary/aromatic N) is 3. The van der Waals surface area contributed by atoms with E-state index in [0.717, 1.165) is 11.3 Å². The highest BCUT2D eigenvalue weighted by Gasteiger charge is 2.07. The number of thiazole rings is 1. The summed E-state index contributed by atoms with van der Waals surface area (Å²) in [4.78, 5) is 16.7. The molecule has 4 rings (SSSR count). The van der Waals surface area contributed by atoms with Crippen LogP contribution in [0.4, 0.5) is 0 Å². The molecule has 0 atom stereocenters. The molecule has 0 saturated carbocycles. The highest BCUT2D eigenvalue weighted by atomic mass is 35.5. The molecule has 3 heterocycles. The predicted octanol–water partition coefficient (Wildman–Crippen LogP) is 2.61. The van der Waals surface area contributed by atoms with Crippen LogP contribution < -0.4 is 10.1 Å². The maximum atomic E-state index is 12.1. The van der Waals surface area contributed by atoms with Crippen LogP contribution in [0.25, 0.3) is 22.4 Å². The quantitative estimate of drug-likeness (QED) is 0.567. The van der Waals surface area contributed by atoms with Crippen LogP contribution in [0.1, 0.15) is 5.76 Å². The smallest absolute Gasteiger partial charge is 0.291 e. The first kappa shape index (κ1) is 13.2. The Balaban J connectivity index is 1.76. The zero-order valence-corrected chi connectivity index (χ0v) is 12.6. The first-order valence-corrected chi connectivity index (χ1v) is 7.60. The Labute approximate surface area is 133 Å². The summed E-state index contributed by atoms with van der Waals surface area (Å²) < 4.78 is 7.57. The third-order valence-corrected chi connectivity index (χ3v) is 4.38. The maximum absolute atomic E-state index is 12.1. The van der Waals surface area contributed by atoms with Crippen molar-refractivity contribution >= 4 is 34.0 Å². The summed E-state index contributed by atoms with van der Waals surface area (Å²) in [5.74, 6) is 1.32. The summed E-state index contributed by atoms with van der Waals surface area (Å²) in [5, 5.41) is 4.56. The molecule has 0 N–H and O–H groups in total. The average molecular weight is 330 g/mol. The van der Waals surface area contributed by atoms with Crippen molar-refractivity contribution in [3.8, 4) is 11.3 Å². The number of fused-ring (bicyclic) bond motifs is 1. The van der Waals surface area contributed by atoms with Crippen LogP contribution in [0, 0.1) is 0 Å². The van der Waals surface area contributed by atoms with Crippen LogP contribution in [-0.2, 0) is 0 Å². The molecule has 0 radical (unpaired) electrons. The van der Waals surface area contributed by atoms with Crippen molar-refractivity contribution in [2.45, 2.75) is 0 Å². The monoisotopic (exact) mass is 329 g/mol. The van der Waals surface area contributed by atoms with E-state index in [-0.39, 0.29) is 5.56 Å². The van der Waals surface area contributed by atoms with Crippen LogP contribution in [0.2, 0.25) is 5.02 Å². The van der Waals surface area contributed by atoms with E-state index in [1.807, 2.05) is 24.3 Å². The fourth-order valence-electron chi connectivity index (χ4n) is 2.11. The number of benzene rings is 1. The zero-order chi connectivity index (χ0) is 15.1. The van der Waals surface area contributed by atoms with Gasteiger partial charge in [-0.25, -0.2) is 4.98 Å². The summed E-state index contributed by atoms with van der Waals surface area (Å²) in [6.45, 7) is 0. The van der Waals surface area contributed by atoms with E-state index in [2.05, 4.69) is 10.1 Å². The van der Waals surface area contributed by atoms with Gasteiger partial charge in [0.05, 0.1) is 0 Å². The minimum Gasteiger partial charge on any atom is -0.457 e. The SMILES string of the molecule is O=c1/c(=C/c2ccc(-c3ccc(Cl)cc3)o2)sc2ncnn12. The second-order valence-electron chi connectivity index (χ2n) is 4.58. The molecule has 0 amide bonds. The van der Waals surface area contributed by atoms with Gasteiger partial charge in [0.15, 0.2) is 0 Å². The second kappa shape index (κ2) is 5.08. The molecule has 22 heavy (non-hydrogen) atoms. The normalized spacial score (nSPS) is 12.3. The first-order chi connectivity index (χ1) is 10.7. The van der Waals surface area contributed by atoms with Gasteiger partial charge in [-0.05, 0) is 36.4 Å². The Hall–Kier alpha value is -2.44. The Kier molecular flexibility index (Phi) is 3.06. The van der Waals surface area contributed by atoms with Crippen LogP contribution in [0.15, 0.2) is 51.9 Å². The van der Waals surface area contributed by atoms with Gasteiger partial charge in [-0.15, -0.1) is 0 Å². The van der Waals surface area contributed by atoms with Gasteiger partial charge >= 0.3 is 0 Å². The van der Waals surface area contributed by atoms with Gasteiger partial charge < -0.3 is 4.42 Å². The Bertz CT molecular complexity index is 1060. The topological polar surface area (TPSA) is 60.4 Å². The number of hydrogen-bond donors (Lipinski definition) is 0. The molecule has 7 heteroatoms. The molecule has 0 spiro atoms. The molecule has 0 aliphatic heterocycles. The molecular weight excluding hydrogens is 322 g/mol. The number of aromatic nitrogens is 3. The molecule has 4 aromatic rings. The van der Waals surface area contributed by atoms with Crippen molar-refractivity contribution in [2.75, 3.05) is 0 Å². The third-order valence-electron chi connectivity index (χ3n) is 3.15. The standard InChI is InChI=1S/C15H8ClN3O2S/c16-10-3-1-9(2-4-10)12-6-5-11(21-12)7-13-14(20)19-15(22-13)17-8-18-19/h1-8H/b13-7-. The van der Waals surface area contributed by atoms with Gasteiger partial charge in [-0.2, -0.15) is 9.61 Å². The molecule has 0 aliphatic carbocycles. The molecule has 0 aliphatic rings. The minimum absolute atomic E-state index is 0.193. The number of rotatable bonds is 2. The lowest BCUT2D eigenvalue weighted by Crippen LogP contribution is -2.23. The first-order valence-electron chi connectivity index (χ1n) is 6.41. The molecule has 0 unspecified atom stereocenters. The fraction of sp³-hybridized carbons (Fsp3) is 0. The lowest BCUT2D eigenvalue weighted by Gasteiger charge is -1.96. The van der Waals surface area contributed by atoms with E-state index in [0.29, 0.717) is 20.3 Å². The van der Waals surface area contributed by atoms with Crippen LogP contribution in [0.3, 0.4) is 0 Å². The lowest BCUT2D eigenvalue weighted by atomic mass is 10.2.